The Labute approximate surface area is 95.8 Å². The number of aryl methyl sites for hydroxylation is 2. The molecule has 3 rings (SSSR count). The summed E-state index contributed by atoms with van der Waals surface area (Å²) in [5, 5.41) is 1.39. The van der Waals surface area contributed by atoms with Gasteiger partial charge in [-0.05, 0) is 56.3 Å². The first-order valence-electron chi connectivity index (χ1n) is 6.11. The standard InChI is InChI=1S/C14H18N2/c1-9-5-6-12-11(7-9)14-10(8-15)3-2-4-13(14)16-12/h5-7,10,16H,2-4,8,15H2,1H3. The minimum absolute atomic E-state index is 0.555. The number of aromatic nitrogens is 1. The van der Waals surface area contributed by atoms with E-state index in [1.165, 1.54) is 47.0 Å². The van der Waals surface area contributed by atoms with Gasteiger partial charge >= 0.3 is 0 Å². The third-order valence-electron chi connectivity index (χ3n) is 3.75. The molecule has 2 heteroatoms. The van der Waals surface area contributed by atoms with Crippen LogP contribution < -0.4 is 5.73 Å². The number of hydrogen-bond donors (Lipinski definition) is 2. The van der Waals surface area contributed by atoms with Gasteiger partial charge < -0.3 is 10.7 Å². The summed E-state index contributed by atoms with van der Waals surface area (Å²) in [6.07, 6.45) is 3.69. The molecule has 1 aliphatic carbocycles. The number of H-pyrrole nitrogens is 1. The Morgan fingerprint density at radius 2 is 2.31 bits per heavy atom. The zero-order valence-electron chi connectivity index (χ0n) is 9.72. The number of benzene rings is 1. The first kappa shape index (κ1) is 9.91. The number of aromatic amines is 1. The van der Waals surface area contributed by atoms with Crippen molar-refractivity contribution in [2.45, 2.75) is 32.1 Å². The van der Waals surface area contributed by atoms with Crippen LogP contribution in [0.25, 0.3) is 10.9 Å². The van der Waals surface area contributed by atoms with E-state index in [0.29, 0.717) is 5.92 Å². The first-order valence-corrected chi connectivity index (χ1v) is 6.11. The zero-order chi connectivity index (χ0) is 11.1. The monoisotopic (exact) mass is 214 g/mol. The highest BCUT2D eigenvalue weighted by Gasteiger charge is 2.23. The normalized spacial score (nSPS) is 20.0. The quantitative estimate of drug-likeness (QED) is 0.753. The zero-order valence-corrected chi connectivity index (χ0v) is 9.72. The Morgan fingerprint density at radius 3 is 3.12 bits per heavy atom. The second-order valence-corrected chi connectivity index (χ2v) is 4.89. The molecule has 1 heterocycles. The van der Waals surface area contributed by atoms with E-state index < -0.39 is 0 Å². The van der Waals surface area contributed by atoms with Crippen LogP contribution in [0.5, 0.6) is 0 Å². The van der Waals surface area contributed by atoms with Gasteiger partial charge in [-0.25, -0.2) is 0 Å². The predicted molar refractivity (Wildman–Crippen MR) is 67.8 cm³/mol. The summed E-state index contributed by atoms with van der Waals surface area (Å²) in [5.74, 6) is 0.555. The summed E-state index contributed by atoms with van der Waals surface area (Å²) in [6, 6.07) is 6.65. The molecule has 1 aromatic heterocycles. The second kappa shape index (κ2) is 3.63. The molecule has 0 saturated carbocycles. The third-order valence-corrected chi connectivity index (χ3v) is 3.75. The van der Waals surface area contributed by atoms with Crippen LogP contribution in [0.2, 0.25) is 0 Å². The van der Waals surface area contributed by atoms with Crippen LogP contribution in [0, 0.1) is 6.92 Å². The first-order chi connectivity index (χ1) is 7.79. The Morgan fingerprint density at radius 1 is 1.44 bits per heavy atom. The SMILES string of the molecule is Cc1ccc2[nH]c3c(c2c1)C(CN)CCC3. The molecule has 0 spiro atoms. The van der Waals surface area contributed by atoms with Gasteiger partial charge in [-0.2, -0.15) is 0 Å². The highest BCUT2D eigenvalue weighted by Crippen LogP contribution is 2.36. The average molecular weight is 214 g/mol. The van der Waals surface area contributed by atoms with Crippen LogP contribution in [-0.4, -0.2) is 11.5 Å². The molecule has 1 atom stereocenters. The molecule has 16 heavy (non-hydrogen) atoms. The molecule has 84 valence electrons. The maximum absolute atomic E-state index is 5.89. The summed E-state index contributed by atoms with van der Waals surface area (Å²) in [4.78, 5) is 3.55. The van der Waals surface area contributed by atoms with Gasteiger partial charge in [0.25, 0.3) is 0 Å². The van der Waals surface area contributed by atoms with Crippen LogP contribution in [0.15, 0.2) is 18.2 Å². The summed E-state index contributed by atoms with van der Waals surface area (Å²) in [7, 11) is 0. The van der Waals surface area contributed by atoms with Gasteiger partial charge in [-0.15, -0.1) is 0 Å². The summed E-state index contributed by atoms with van der Waals surface area (Å²) >= 11 is 0. The Bertz CT molecular complexity index is 525. The van der Waals surface area contributed by atoms with Crippen molar-refractivity contribution in [1.82, 2.24) is 4.98 Å². The van der Waals surface area contributed by atoms with Crippen LogP contribution in [0.1, 0.15) is 35.6 Å². The highest BCUT2D eigenvalue weighted by molar-refractivity contribution is 5.86. The lowest BCUT2D eigenvalue weighted by molar-refractivity contribution is 0.560. The molecule has 2 nitrogen and oxygen atoms in total. The number of fused-ring (bicyclic) bond motifs is 3. The molecule has 1 aliphatic rings. The van der Waals surface area contributed by atoms with E-state index in [1.54, 1.807) is 0 Å². The Balaban J connectivity index is 2.27. The van der Waals surface area contributed by atoms with Gasteiger partial charge in [-0.3, -0.25) is 0 Å². The molecular formula is C14H18N2. The topological polar surface area (TPSA) is 41.8 Å². The minimum atomic E-state index is 0.555. The molecule has 1 aromatic carbocycles. The van der Waals surface area contributed by atoms with Gasteiger partial charge in [0.05, 0.1) is 0 Å². The number of hydrogen-bond acceptors (Lipinski definition) is 1. The average Bonchev–Trinajstić information content (AvgIpc) is 2.66. The molecule has 2 aromatic rings. The van der Waals surface area contributed by atoms with Crippen LogP contribution in [-0.2, 0) is 6.42 Å². The summed E-state index contributed by atoms with van der Waals surface area (Å²) in [5.41, 5.74) is 11.4. The number of rotatable bonds is 1. The van der Waals surface area contributed by atoms with E-state index >= 15 is 0 Å². The number of nitrogens with two attached hydrogens (primary N) is 1. The largest absolute Gasteiger partial charge is 0.358 e. The fourth-order valence-corrected chi connectivity index (χ4v) is 2.95. The molecule has 1 unspecified atom stereocenters. The van der Waals surface area contributed by atoms with Gasteiger partial charge in [0.2, 0.25) is 0 Å². The van der Waals surface area contributed by atoms with E-state index in [0.717, 1.165) is 6.54 Å². The van der Waals surface area contributed by atoms with Crippen molar-refractivity contribution in [3.63, 3.8) is 0 Å². The second-order valence-electron chi connectivity index (χ2n) is 4.89. The minimum Gasteiger partial charge on any atom is -0.358 e. The summed E-state index contributed by atoms with van der Waals surface area (Å²) < 4.78 is 0. The molecule has 0 aliphatic heterocycles. The van der Waals surface area contributed by atoms with Crippen LogP contribution in [0.3, 0.4) is 0 Å². The fourth-order valence-electron chi connectivity index (χ4n) is 2.95. The molecule has 0 fully saturated rings. The number of nitrogens with one attached hydrogen (secondary N) is 1. The lowest BCUT2D eigenvalue weighted by Gasteiger charge is -2.21. The van der Waals surface area contributed by atoms with Gasteiger partial charge in [0, 0.05) is 16.6 Å². The van der Waals surface area contributed by atoms with Gasteiger partial charge in [-0.1, -0.05) is 11.6 Å². The van der Waals surface area contributed by atoms with E-state index in [9.17, 15) is 0 Å². The molecule has 0 bridgehead atoms. The fraction of sp³-hybridized carbons (Fsp3) is 0.429. The maximum Gasteiger partial charge on any atom is 0.0459 e. The van der Waals surface area contributed by atoms with Crippen LogP contribution in [0.4, 0.5) is 0 Å². The highest BCUT2D eigenvalue weighted by atomic mass is 14.7. The Kier molecular flexibility index (Phi) is 2.25. The van der Waals surface area contributed by atoms with Gasteiger partial charge in [0.15, 0.2) is 0 Å². The molecular weight excluding hydrogens is 196 g/mol. The van der Waals surface area contributed by atoms with Crippen molar-refractivity contribution in [3.8, 4) is 0 Å². The molecule has 3 N–H and O–H groups in total. The van der Waals surface area contributed by atoms with Crippen LogP contribution >= 0.6 is 0 Å². The molecule has 0 amide bonds. The maximum atomic E-state index is 5.89. The molecule has 0 radical (unpaired) electrons. The van der Waals surface area contributed by atoms with E-state index in [4.69, 9.17) is 5.73 Å². The van der Waals surface area contributed by atoms with E-state index in [2.05, 4.69) is 30.1 Å². The van der Waals surface area contributed by atoms with Crippen molar-refractivity contribution >= 4 is 10.9 Å². The Hall–Kier alpha value is -1.28. The third kappa shape index (κ3) is 1.37. The predicted octanol–water partition coefficient (Wildman–Crippen LogP) is 2.85. The van der Waals surface area contributed by atoms with Crippen molar-refractivity contribution in [2.75, 3.05) is 6.54 Å². The lowest BCUT2D eigenvalue weighted by Crippen LogP contribution is -2.17. The van der Waals surface area contributed by atoms with Crippen molar-refractivity contribution in [2.24, 2.45) is 5.73 Å². The van der Waals surface area contributed by atoms with E-state index in [-0.39, 0.29) is 0 Å². The van der Waals surface area contributed by atoms with Crippen molar-refractivity contribution < 1.29 is 0 Å². The lowest BCUT2D eigenvalue weighted by atomic mass is 9.85. The smallest absolute Gasteiger partial charge is 0.0459 e. The summed E-state index contributed by atoms with van der Waals surface area (Å²) in [6.45, 7) is 2.92. The van der Waals surface area contributed by atoms with E-state index in [1.807, 2.05) is 0 Å². The van der Waals surface area contributed by atoms with Gasteiger partial charge in [0.1, 0.15) is 0 Å². The molecule has 0 saturated heterocycles. The van der Waals surface area contributed by atoms with Crippen molar-refractivity contribution in [3.05, 3.63) is 35.0 Å². The van der Waals surface area contributed by atoms with Crippen molar-refractivity contribution in [1.29, 1.82) is 0 Å².